The van der Waals surface area contributed by atoms with Crippen LogP contribution in [0, 0.1) is 11.8 Å². The maximum atomic E-state index is 13.3. The number of unbranched alkanes of at least 4 members (excludes halogenated alkanes) is 1. The fourth-order valence-electron chi connectivity index (χ4n) is 5.51. The standard InChI is InChI=1S/C23H21NO4/c25-17(26)11-5-6-12-24-22(27)20-18-13-7-1-2-8-14(13)19(21(20)23(24)28)16-10-4-3-9-15(16)18/h1-4,7-10,18-21H,5-6,11-12H2,(H,25,26). The van der Waals surface area contributed by atoms with Crippen LogP contribution in [0.2, 0.25) is 0 Å². The van der Waals surface area contributed by atoms with Crippen molar-refractivity contribution >= 4 is 17.8 Å². The van der Waals surface area contributed by atoms with Gasteiger partial charge in [-0.15, -0.1) is 0 Å². The molecule has 4 aliphatic rings. The molecule has 3 aliphatic carbocycles. The lowest BCUT2D eigenvalue weighted by molar-refractivity contribution is -0.140. The van der Waals surface area contributed by atoms with Gasteiger partial charge in [0.25, 0.3) is 0 Å². The Hall–Kier alpha value is -2.95. The molecular weight excluding hydrogens is 354 g/mol. The van der Waals surface area contributed by atoms with Gasteiger partial charge in [-0.2, -0.15) is 0 Å². The zero-order valence-electron chi connectivity index (χ0n) is 15.4. The molecule has 1 saturated heterocycles. The van der Waals surface area contributed by atoms with Gasteiger partial charge in [0.05, 0.1) is 11.8 Å². The van der Waals surface area contributed by atoms with Crippen molar-refractivity contribution in [2.24, 2.45) is 11.8 Å². The maximum Gasteiger partial charge on any atom is 0.303 e. The first-order valence-corrected chi connectivity index (χ1v) is 9.84. The van der Waals surface area contributed by atoms with Gasteiger partial charge in [0.15, 0.2) is 0 Å². The number of aliphatic carboxylic acids is 1. The van der Waals surface area contributed by atoms with Crippen molar-refractivity contribution in [1.29, 1.82) is 0 Å². The number of amides is 2. The van der Waals surface area contributed by atoms with Gasteiger partial charge >= 0.3 is 5.97 Å². The van der Waals surface area contributed by atoms with E-state index in [2.05, 4.69) is 24.3 Å². The number of rotatable bonds is 5. The van der Waals surface area contributed by atoms with Crippen LogP contribution in [0.1, 0.15) is 53.4 Å². The molecule has 1 fully saturated rings. The third kappa shape index (κ3) is 2.28. The van der Waals surface area contributed by atoms with Crippen molar-refractivity contribution < 1.29 is 19.5 Å². The third-order valence-electron chi connectivity index (χ3n) is 6.56. The highest BCUT2D eigenvalue weighted by molar-refractivity contribution is 6.07. The van der Waals surface area contributed by atoms with E-state index >= 15 is 0 Å². The highest BCUT2D eigenvalue weighted by Gasteiger charge is 2.61. The van der Waals surface area contributed by atoms with Crippen LogP contribution >= 0.6 is 0 Å². The Morgan fingerprint density at radius 1 is 0.786 bits per heavy atom. The fourth-order valence-corrected chi connectivity index (χ4v) is 5.51. The van der Waals surface area contributed by atoms with Crippen molar-refractivity contribution in [2.75, 3.05) is 6.54 Å². The molecule has 1 N–H and O–H groups in total. The number of carbonyl (C=O) groups excluding carboxylic acids is 2. The van der Waals surface area contributed by atoms with Crippen LogP contribution in [0.25, 0.3) is 0 Å². The third-order valence-corrected chi connectivity index (χ3v) is 6.56. The zero-order valence-corrected chi connectivity index (χ0v) is 15.4. The number of benzene rings is 2. The summed E-state index contributed by atoms with van der Waals surface area (Å²) in [6.45, 7) is 0.310. The van der Waals surface area contributed by atoms with Crippen LogP contribution in [-0.2, 0) is 14.4 Å². The molecule has 2 bridgehead atoms. The average molecular weight is 375 g/mol. The predicted molar refractivity (Wildman–Crippen MR) is 102 cm³/mol. The minimum Gasteiger partial charge on any atom is -0.481 e. The molecule has 28 heavy (non-hydrogen) atoms. The summed E-state index contributed by atoms with van der Waals surface area (Å²) >= 11 is 0. The van der Waals surface area contributed by atoms with Crippen molar-refractivity contribution in [3.05, 3.63) is 70.8 Å². The lowest BCUT2D eigenvalue weighted by atomic mass is 9.55. The highest BCUT2D eigenvalue weighted by atomic mass is 16.4. The largest absolute Gasteiger partial charge is 0.481 e. The molecule has 0 radical (unpaired) electrons. The van der Waals surface area contributed by atoms with Crippen molar-refractivity contribution in [3.63, 3.8) is 0 Å². The highest BCUT2D eigenvalue weighted by Crippen LogP contribution is 2.60. The zero-order chi connectivity index (χ0) is 19.4. The molecule has 0 spiro atoms. The molecule has 142 valence electrons. The average Bonchev–Trinajstić information content (AvgIpc) is 2.96. The molecule has 1 aliphatic heterocycles. The second-order valence-electron chi connectivity index (χ2n) is 7.94. The van der Waals surface area contributed by atoms with Crippen molar-refractivity contribution in [1.82, 2.24) is 4.90 Å². The van der Waals surface area contributed by atoms with Gasteiger partial charge in [-0.25, -0.2) is 0 Å². The molecule has 2 aromatic carbocycles. The number of carboxylic acid groups (broad SMARTS) is 1. The lowest BCUT2D eigenvalue weighted by Crippen LogP contribution is -2.41. The van der Waals surface area contributed by atoms with Crippen LogP contribution in [0.3, 0.4) is 0 Å². The predicted octanol–water partition coefficient (Wildman–Crippen LogP) is 3.13. The van der Waals surface area contributed by atoms with E-state index in [0.29, 0.717) is 19.4 Å². The summed E-state index contributed by atoms with van der Waals surface area (Å²) in [7, 11) is 0. The van der Waals surface area contributed by atoms with E-state index in [1.165, 1.54) is 27.2 Å². The molecule has 1 heterocycles. The topological polar surface area (TPSA) is 74.7 Å². The number of nitrogens with zero attached hydrogens (tertiary/aromatic N) is 1. The van der Waals surface area contributed by atoms with Gasteiger partial charge in [-0.05, 0) is 35.1 Å². The summed E-state index contributed by atoms with van der Waals surface area (Å²) in [6.07, 6.45) is 1.05. The number of likely N-dealkylation sites (tertiary alicyclic amines) is 1. The Balaban J connectivity index is 1.52. The second kappa shape index (κ2) is 6.30. The molecule has 2 amide bonds. The Kier molecular flexibility index (Phi) is 3.86. The molecule has 5 nitrogen and oxygen atoms in total. The van der Waals surface area contributed by atoms with E-state index in [-0.39, 0.29) is 41.9 Å². The van der Waals surface area contributed by atoms with Gasteiger partial charge in [-0.1, -0.05) is 48.5 Å². The summed E-state index contributed by atoms with van der Waals surface area (Å²) in [5.74, 6) is -1.89. The smallest absolute Gasteiger partial charge is 0.303 e. The number of hydrogen-bond acceptors (Lipinski definition) is 3. The lowest BCUT2D eigenvalue weighted by Gasteiger charge is -2.45. The first-order chi connectivity index (χ1) is 13.6. The molecule has 2 aromatic rings. The first kappa shape index (κ1) is 17.2. The van der Waals surface area contributed by atoms with E-state index < -0.39 is 5.97 Å². The summed E-state index contributed by atoms with van der Waals surface area (Å²) in [4.78, 5) is 38.7. The second-order valence-corrected chi connectivity index (χ2v) is 7.94. The van der Waals surface area contributed by atoms with E-state index in [1.54, 1.807) is 0 Å². The maximum absolute atomic E-state index is 13.3. The number of carbonyl (C=O) groups is 3. The van der Waals surface area contributed by atoms with Gasteiger partial charge in [-0.3, -0.25) is 19.3 Å². The number of carboxylic acids is 1. The Morgan fingerprint density at radius 3 is 1.61 bits per heavy atom. The minimum atomic E-state index is -0.850. The summed E-state index contributed by atoms with van der Waals surface area (Å²) < 4.78 is 0. The molecule has 2 unspecified atom stereocenters. The SMILES string of the molecule is O=C(O)CCCCN1C(=O)C2C3c4ccccc4C(c4ccccc43)C2C1=O. The first-order valence-electron chi connectivity index (χ1n) is 9.84. The molecule has 0 aromatic heterocycles. The molecule has 5 heteroatoms. The van der Waals surface area contributed by atoms with Crippen molar-refractivity contribution in [3.8, 4) is 0 Å². The Morgan fingerprint density at radius 2 is 1.21 bits per heavy atom. The number of hydrogen-bond donors (Lipinski definition) is 1. The fraction of sp³-hybridized carbons (Fsp3) is 0.348. The van der Waals surface area contributed by atoms with Crippen molar-refractivity contribution in [2.45, 2.75) is 31.1 Å². The quantitative estimate of drug-likeness (QED) is 0.644. The normalized spacial score (nSPS) is 26.8. The van der Waals surface area contributed by atoms with E-state index in [1.807, 2.05) is 24.3 Å². The van der Waals surface area contributed by atoms with Gasteiger partial charge < -0.3 is 5.11 Å². The van der Waals surface area contributed by atoms with Crippen LogP contribution < -0.4 is 0 Å². The van der Waals surface area contributed by atoms with E-state index in [0.717, 1.165) is 0 Å². The van der Waals surface area contributed by atoms with Crippen LogP contribution in [0.15, 0.2) is 48.5 Å². The van der Waals surface area contributed by atoms with Gasteiger partial charge in [0, 0.05) is 24.8 Å². The van der Waals surface area contributed by atoms with E-state index in [9.17, 15) is 14.4 Å². The van der Waals surface area contributed by atoms with Gasteiger partial charge in [0.2, 0.25) is 11.8 Å². The van der Waals surface area contributed by atoms with Crippen LogP contribution in [0.4, 0.5) is 0 Å². The summed E-state index contributed by atoms with van der Waals surface area (Å²) in [5, 5.41) is 8.81. The molecule has 2 atom stereocenters. The van der Waals surface area contributed by atoms with E-state index in [4.69, 9.17) is 5.11 Å². The number of imide groups is 1. The Labute approximate surface area is 163 Å². The Bertz CT molecular complexity index is 882. The molecule has 6 rings (SSSR count). The van der Waals surface area contributed by atoms with Crippen LogP contribution in [0.5, 0.6) is 0 Å². The van der Waals surface area contributed by atoms with Crippen LogP contribution in [-0.4, -0.2) is 34.3 Å². The minimum absolute atomic E-state index is 0.0607. The molecule has 0 saturated carbocycles. The summed E-state index contributed by atoms with van der Waals surface area (Å²) in [5.41, 5.74) is 4.67. The molecular formula is C23H21NO4. The summed E-state index contributed by atoms with van der Waals surface area (Å²) in [6, 6.07) is 16.4. The van der Waals surface area contributed by atoms with Gasteiger partial charge in [0.1, 0.15) is 0 Å². The monoisotopic (exact) mass is 375 g/mol.